The summed E-state index contributed by atoms with van der Waals surface area (Å²) in [4.78, 5) is 35.6. The maximum Gasteiger partial charge on any atom is 0.325 e. The molecule has 9 nitrogen and oxygen atoms in total. The van der Waals surface area contributed by atoms with Crippen molar-refractivity contribution in [1.29, 1.82) is 0 Å². The van der Waals surface area contributed by atoms with E-state index in [2.05, 4.69) is 10.6 Å². The summed E-state index contributed by atoms with van der Waals surface area (Å²) >= 11 is 0. The quantitative estimate of drug-likeness (QED) is 0.575. The second-order valence-corrected chi connectivity index (χ2v) is 6.65. The highest BCUT2D eigenvalue weighted by Gasteiger charge is 2.13. The Morgan fingerprint density at radius 1 is 0.968 bits per heavy atom. The molecule has 1 heterocycles. The van der Waals surface area contributed by atoms with Crippen LogP contribution in [0.4, 0.5) is 0 Å². The molecule has 0 atom stereocenters. The summed E-state index contributed by atoms with van der Waals surface area (Å²) in [6.45, 7) is 0.670. The molecule has 31 heavy (non-hydrogen) atoms. The summed E-state index contributed by atoms with van der Waals surface area (Å²) in [6, 6.07) is 12.1. The number of carbonyl (C=O) groups is 3. The van der Waals surface area contributed by atoms with Crippen molar-refractivity contribution in [3.63, 3.8) is 0 Å². The van der Waals surface area contributed by atoms with E-state index in [1.807, 2.05) is 18.2 Å². The van der Waals surface area contributed by atoms with Gasteiger partial charge in [0.2, 0.25) is 0 Å². The SMILES string of the molecule is COc1ccc(C(=O)NCC(=O)OCC(=O)NCCc2ccc3c(c2)OCCO3)cc1. The van der Waals surface area contributed by atoms with Crippen molar-refractivity contribution in [3.05, 3.63) is 53.6 Å². The van der Waals surface area contributed by atoms with E-state index in [0.29, 0.717) is 49.0 Å². The largest absolute Gasteiger partial charge is 0.497 e. The van der Waals surface area contributed by atoms with Crippen LogP contribution in [0.2, 0.25) is 0 Å². The molecular formula is C22H24N2O7. The molecule has 1 aliphatic rings. The molecule has 2 amide bonds. The highest BCUT2D eigenvalue weighted by Crippen LogP contribution is 2.30. The maximum atomic E-state index is 12.0. The molecule has 1 aliphatic heterocycles. The zero-order chi connectivity index (χ0) is 22.1. The molecule has 0 unspecified atom stereocenters. The lowest BCUT2D eigenvalue weighted by Gasteiger charge is -2.18. The van der Waals surface area contributed by atoms with E-state index < -0.39 is 24.4 Å². The first-order valence-electron chi connectivity index (χ1n) is 9.78. The predicted octanol–water partition coefficient (Wildman–Crippen LogP) is 1.10. The van der Waals surface area contributed by atoms with Gasteiger partial charge in [-0.25, -0.2) is 0 Å². The minimum Gasteiger partial charge on any atom is -0.497 e. The minimum atomic E-state index is -0.705. The van der Waals surface area contributed by atoms with E-state index in [-0.39, 0.29) is 6.54 Å². The average molecular weight is 428 g/mol. The van der Waals surface area contributed by atoms with E-state index >= 15 is 0 Å². The van der Waals surface area contributed by atoms with Gasteiger partial charge in [0, 0.05) is 12.1 Å². The Morgan fingerprint density at radius 3 is 2.45 bits per heavy atom. The van der Waals surface area contributed by atoms with Gasteiger partial charge in [-0.1, -0.05) is 6.07 Å². The summed E-state index contributed by atoms with van der Waals surface area (Å²) in [5.41, 5.74) is 1.37. The zero-order valence-corrected chi connectivity index (χ0v) is 17.1. The molecule has 0 saturated carbocycles. The van der Waals surface area contributed by atoms with E-state index in [1.54, 1.807) is 24.3 Å². The van der Waals surface area contributed by atoms with Gasteiger partial charge in [0.1, 0.15) is 25.5 Å². The zero-order valence-electron chi connectivity index (χ0n) is 17.1. The van der Waals surface area contributed by atoms with Crippen molar-refractivity contribution >= 4 is 17.8 Å². The third kappa shape index (κ3) is 6.63. The molecule has 2 N–H and O–H groups in total. The van der Waals surface area contributed by atoms with Gasteiger partial charge < -0.3 is 29.6 Å². The molecule has 0 fully saturated rings. The molecule has 0 aliphatic carbocycles. The summed E-state index contributed by atoms with van der Waals surface area (Å²) in [5, 5.41) is 5.12. The number of hydrogen-bond acceptors (Lipinski definition) is 7. The molecule has 2 aromatic rings. The van der Waals surface area contributed by atoms with Crippen molar-refractivity contribution in [2.75, 3.05) is 40.0 Å². The summed E-state index contributed by atoms with van der Waals surface area (Å²) < 4.78 is 20.9. The fourth-order valence-electron chi connectivity index (χ4n) is 2.83. The van der Waals surface area contributed by atoms with Gasteiger partial charge in [-0.15, -0.1) is 0 Å². The number of ether oxygens (including phenoxy) is 4. The smallest absolute Gasteiger partial charge is 0.325 e. The Balaban J connectivity index is 1.31. The number of hydrogen-bond donors (Lipinski definition) is 2. The van der Waals surface area contributed by atoms with Gasteiger partial charge in [0.15, 0.2) is 18.1 Å². The lowest BCUT2D eigenvalue weighted by Crippen LogP contribution is -2.34. The topological polar surface area (TPSA) is 112 Å². The van der Waals surface area contributed by atoms with Crippen LogP contribution in [0, 0.1) is 0 Å². The second-order valence-electron chi connectivity index (χ2n) is 6.65. The van der Waals surface area contributed by atoms with Crippen LogP contribution in [-0.2, 0) is 20.7 Å². The summed E-state index contributed by atoms with van der Waals surface area (Å²) in [7, 11) is 1.53. The van der Waals surface area contributed by atoms with Gasteiger partial charge in [-0.05, 0) is 48.4 Å². The monoisotopic (exact) mass is 428 g/mol. The van der Waals surface area contributed by atoms with Gasteiger partial charge in [-0.3, -0.25) is 14.4 Å². The molecule has 0 bridgehead atoms. The first kappa shape index (κ1) is 21.9. The minimum absolute atomic E-state index is 0.338. The highest BCUT2D eigenvalue weighted by molar-refractivity contribution is 5.96. The number of benzene rings is 2. The lowest BCUT2D eigenvalue weighted by atomic mass is 10.1. The fraction of sp³-hybridized carbons (Fsp3) is 0.318. The Kier molecular flexibility index (Phi) is 7.69. The average Bonchev–Trinajstić information content (AvgIpc) is 2.81. The summed E-state index contributed by atoms with van der Waals surface area (Å²) in [5.74, 6) is 0.473. The fourth-order valence-corrected chi connectivity index (χ4v) is 2.83. The Bertz CT molecular complexity index is 928. The molecule has 0 spiro atoms. The van der Waals surface area contributed by atoms with Crippen LogP contribution in [0.15, 0.2) is 42.5 Å². The third-order valence-corrected chi connectivity index (χ3v) is 4.45. The Hall–Kier alpha value is -3.75. The normalized spacial score (nSPS) is 11.9. The second kappa shape index (κ2) is 10.9. The van der Waals surface area contributed by atoms with Crippen molar-refractivity contribution in [3.8, 4) is 17.2 Å². The molecular weight excluding hydrogens is 404 g/mol. The number of amides is 2. The van der Waals surface area contributed by atoms with E-state index in [9.17, 15) is 14.4 Å². The lowest BCUT2D eigenvalue weighted by molar-refractivity contribution is -0.147. The van der Waals surface area contributed by atoms with Crippen molar-refractivity contribution in [1.82, 2.24) is 10.6 Å². The van der Waals surface area contributed by atoms with Crippen LogP contribution < -0.4 is 24.8 Å². The summed E-state index contributed by atoms with van der Waals surface area (Å²) in [6.07, 6.45) is 0.592. The molecule has 0 aromatic heterocycles. The molecule has 164 valence electrons. The highest BCUT2D eigenvalue weighted by atomic mass is 16.6. The molecule has 0 radical (unpaired) electrons. The van der Waals surface area contributed by atoms with Crippen LogP contribution in [-0.4, -0.2) is 57.8 Å². The molecule has 9 heteroatoms. The maximum absolute atomic E-state index is 12.0. The Labute approximate surface area is 179 Å². The molecule has 2 aromatic carbocycles. The number of methoxy groups -OCH3 is 1. The van der Waals surface area contributed by atoms with E-state index in [1.165, 1.54) is 7.11 Å². The first-order valence-corrected chi connectivity index (χ1v) is 9.78. The van der Waals surface area contributed by atoms with Gasteiger partial charge in [-0.2, -0.15) is 0 Å². The standard InChI is InChI=1S/C22H24N2O7/c1-28-17-5-3-16(4-6-17)22(27)24-13-21(26)31-14-20(25)23-9-8-15-2-7-18-19(12-15)30-11-10-29-18/h2-7,12H,8-11,13-14H2,1H3,(H,23,25)(H,24,27). The van der Waals surface area contributed by atoms with Gasteiger partial charge in [0.05, 0.1) is 7.11 Å². The van der Waals surface area contributed by atoms with Crippen molar-refractivity contribution in [2.24, 2.45) is 0 Å². The molecule has 3 rings (SSSR count). The van der Waals surface area contributed by atoms with Crippen LogP contribution in [0.25, 0.3) is 0 Å². The van der Waals surface area contributed by atoms with Crippen LogP contribution in [0.5, 0.6) is 17.2 Å². The van der Waals surface area contributed by atoms with Crippen molar-refractivity contribution in [2.45, 2.75) is 6.42 Å². The van der Waals surface area contributed by atoms with E-state index in [4.69, 9.17) is 18.9 Å². The predicted molar refractivity (Wildman–Crippen MR) is 110 cm³/mol. The number of rotatable bonds is 9. The number of esters is 1. The van der Waals surface area contributed by atoms with E-state index in [0.717, 1.165) is 5.56 Å². The van der Waals surface area contributed by atoms with Gasteiger partial charge in [0.25, 0.3) is 11.8 Å². The number of carbonyl (C=O) groups excluding carboxylic acids is 3. The Morgan fingerprint density at radius 2 is 1.71 bits per heavy atom. The third-order valence-electron chi connectivity index (χ3n) is 4.45. The number of nitrogens with one attached hydrogen (secondary N) is 2. The number of fused-ring (bicyclic) bond motifs is 1. The first-order chi connectivity index (χ1) is 15.0. The van der Waals surface area contributed by atoms with Gasteiger partial charge >= 0.3 is 5.97 Å². The van der Waals surface area contributed by atoms with Crippen LogP contribution >= 0.6 is 0 Å². The molecule has 0 saturated heterocycles. The van der Waals surface area contributed by atoms with Crippen LogP contribution in [0.3, 0.4) is 0 Å². The van der Waals surface area contributed by atoms with Crippen molar-refractivity contribution < 1.29 is 33.3 Å². The van der Waals surface area contributed by atoms with Crippen LogP contribution in [0.1, 0.15) is 15.9 Å².